The van der Waals surface area contributed by atoms with Crippen molar-refractivity contribution in [3.8, 4) is 0 Å². The fourth-order valence-corrected chi connectivity index (χ4v) is 5.21. The highest BCUT2D eigenvalue weighted by Gasteiger charge is 2.35. The quantitative estimate of drug-likeness (QED) is 0.731. The Balaban J connectivity index is 1.88. The predicted molar refractivity (Wildman–Crippen MR) is 118 cm³/mol. The zero-order valence-corrected chi connectivity index (χ0v) is 18.7. The van der Waals surface area contributed by atoms with Crippen LogP contribution >= 0.6 is 0 Å². The summed E-state index contributed by atoms with van der Waals surface area (Å²) >= 11 is 0. The molecule has 0 spiro atoms. The van der Waals surface area contributed by atoms with E-state index in [9.17, 15) is 13.2 Å². The highest BCUT2D eigenvalue weighted by atomic mass is 32.2. The van der Waals surface area contributed by atoms with E-state index in [4.69, 9.17) is 5.73 Å². The van der Waals surface area contributed by atoms with Gasteiger partial charge in [-0.25, -0.2) is 17.6 Å². The van der Waals surface area contributed by atoms with E-state index in [0.29, 0.717) is 24.3 Å². The van der Waals surface area contributed by atoms with Gasteiger partial charge in [0.1, 0.15) is 0 Å². The number of sulfonamides is 1. The average molecular weight is 450 g/mol. The Hall–Kier alpha value is -2.56. The molecule has 2 N–H and O–H groups in total. The summed E-state index contributed by atoms with van der Waals surface area (Å²) in [6, 6.07) is 7.08. The van der Waals surface area contributed by atoms with Gasteiger partial charge in [0.25, 0.3) is 0 Å². The van der Waals surface area contributed by atoms with Gasteiger partial charge in [0.15, 0.2) is 5.82 Å². The van der Waals surface area contributed by atoms with Gasteiger partial charge in [-0.15, -0.1) is 0 Å². The number of halogens is 1. The molecule has 0 aliphatic carbocycles. The Morgan fingerprint density at radius 3 is 2.45 bits per heavy atom. The van der Waals surface area contributed by atoms with Gasteiger partial charge >= 0.3 is 6.03 Å². The Labute approximate surface area is 182 Å². The van der Waals surface area contributed by atoms with Crippen LogP contribution in [0.5, 0.6) is 0 Å². The first-order chi connectivity index (χ1) is 14.7. The molecule has 2 atom stereocenters. The first-order valence-corrected chi connectivity index (χ1v) is 11.8. The minimum atomic E-state index is -3.28. The lowest BCUT2D eigenvalue weighted by Gasteiger charge is -2.43. The Bertz CT molecular complexity index is 1020. The van der Waals surface area contributed by atoms with Crippen molar-refractivity contribution in [3.05, 3.63) is 54.1 Å². The number of piperazine rings is 1. The molecular formula is C21H28FN5O3S. The number of nitrogens with two attached hydrogens (primary N) is 1. The van der Waals surface area contributed by atoms with Crippen molar-refractivity contribution in [3.63, 3.8) is 0 Å². The number of benzene rings is 1. The molecule has 1 aliphatic rings. The SMILES string of the molecule is CCS(=O)(=O)N1C[C@@H](C)N(Cc2cccc(N(C(N)=O)c3cccnc3)c2F)[C@@H](C)C1. The summed E-state index contributed by atoms with van der Waals surface area (Å²) in [4.78, 5) is 19.2. The third-order valence-electron chi connectivity index (χ3n) is 5.60. The number of hydrogen-bond acceptors (Lipinski definition) is 5. The predicted octanol–water partition coefficient (Wildman–Crippen LogP) is 2.68. The summed E-state index contributed by atoms with van der Waals surface area (Å²) in [6.07, 6.45) is 2.99. The van der Waals surface area contributed by atoms with Crippen LogP contribution in [-0.2, 0) is 16.6 Å². The van der Waals surface area contributed by atoms with Crippen molar-refractivity contribution in [1.29, 1.82) is 0 Å². The van der Waals surface area contributed by atoms with Crippen LogP contribution in [0.25, 0.3) is 0 Å². The molecule has 1 saturated heterocycles. The van der Waals surface area contributed by atoms with Crippen LogP contribution in [0.3, 0.4) is 0 Å². The molecule has 10 heteroatoms. The van der Waals surface area contributed by atoms with Crippen molar-refractivity contribution in [2.45, 2.75) is 39.4 Å². The second-order valence-corrected chi connectivity index (χ2v) is 9.98. The van der Waals surface area contributed by atoms with E-state index in [-0.39, 0.29) is 30.1 Å². The molecule has 0 unspecified atom stereocenters. The van der Waals surface area contributed by atoms with Gasteiger partial charge in [0.2, 0.25) is 10.0 Å². The van der Waals surface area contributed by atoms with Crippen LogP contribution in [0.1, 0.15) is 26.3 Å². The maximum atomic E-state index is 15.5. The highest BCUT2D eigenvalue weighted by Crippen LogP contribution is 2.30. The first kappa shape index (κ1) is 23.1. The first-order valence-electron chi connectivity index (χ1n) is 10.2. The zero-order valence-electron chi connectivity index (χ0n) is 17.9. The molecule has 1 aliphatic heterocycles. The number of carbonyl (C=O) groups is 1. The Morgan fingerprint density at radius 2 is 1.90 bits per heavy atom. The van der Waals surface area contributed by atoms with Crippen molar-refractivity contribution in [2.24, 2.45) is 5.73 Å². The molecule has 1 fully saturated rings. The van der Waals surface area contributed by atoms with E-state index >= 15 is 4.39 Å². The van der Waals surface area contributed by atoms with Gasteiger partial charge < -0.3 is 5.73 Å². The molecular weight excluding hydrogens is 421 g/mol. The van der Waals surface area contributed by atoms with Gasteiger partial charge in [0, 0.05) is 43.5 Å². The Morgan fingerprint density at radius 1 is 1.23 bits per heavy atom. The Kier molecular flexibility index (Phi) is 6.93. The van der Waals surface area contributed by atoms with E-state index in [2.05, 4.69) is 9.88 Å². The third kappa shape index (κ3) is 4.86. The number of urea groups is 1. The number of aromatic nitrogens is 1. The number of anilines is 2. The average Bonchev–Trinajstić information content (AvgIpc) is 2.73. The number of pyridine rings is 1. The highest BCUT2D eigenvalue weighted by molar-refractivity contribution is 7.89. The van der Waals surface area contributed by atoms with E-state index in [1.54, 1.807) is 37.4 Å². The third-order valence-corrected chi connectivity index (χ3v) is 7.42. The number of rotatable bonds is 6. The van der Waals surface area contributed by atoms with Gasteiger partial charge in [-0.05, 0) is 39.0 Å². The van der Waals surface area contributed by atoms with E-state index in [0.717, 1.165) is 4.90 Å². The minimum absolute atomic E-state index is 0.0468. The van der Waals surface area contributed by atoms with Crippen LogP contribution in [0.2, 0.25) is 0 Å². The molecule has 2 aromatic rings. The lowest BCUT2D eigenvalue weighted by Crippen LogP contribution is -2.57. The lowest BCUT2D eigenvalue weighted by atomic mass is 10.1. The van der Waals surface area contributed by atoms with Gasteiger partial charge in [-0.1, -0.05) is 12.1 Å². The topological polar surface area (TPSA) is 99.8 Å². The largest absolute Gasteiger partial charge is 0.351 e. The van der Waals surface area contributed by atoms with Gasteiger partial charge in [-0.3, -0.25) is 14.8 Å². The molecule has 3 rings (SSSR count). The molecule has 2 heterocycles. The fourth-order valence-electron chi connectivity index (χ4n) is 3.96. The number of nitrogens with zero attached hydrogens (tertiary/aromatic N) is 4. The molecule has 0 bridgehead atoms. The van der Waals surface area contributed by atoms with Crippen molar-refractivity contribution in [1.82, 2.24) is 14.2 Å². The number of primary amides is 1. The van der Waals surface area contributed by atoms with Crippen LogP contribution < -0.4 is 10.6 Å². The van der Waals surface area contributed by atoms with Crippen LogP contribution in [-0.4, -0.2) is 59.6 Å². The maximum absolute atomic E-state index is 15.5. The molecule has 0 saturated carbocycles. The fraction of sp³-hybridized carbons (Fsp3) is 0.429. The van der Waals surface area contributed by atoms with Gasteiger partial charge in [-0.2, -0.15) is 4.31 Å². The normalized spacial score (nSPS) is 20.5. The van der Waals surface area contributed by atoms with Crippen LogP contribution in [0.15, 0.2) is 42.7 Å². The summed E-state index contributed by atoms with van der Waals surface area (Å²) in [6.45, 7) is 6.48. The van der Waals surface area contributed by atoms with E-state index in [1.165, 1.54) is 16.6 Å². The molecule has 1 aromatic carbocycles. The number of carbonyl (C=O) groups excluding carboxylic acids is 1. The maximum Gasteiger partial charge on any atom is 0.324 e. The summed E-state index contributed by atoms with van der Waals surface area (Å²) in [7, 11) is -3.28. The molecule has 0 radical (unpaired) electrons. The van der Waals surface area contributed by atoms with E-state index in [1.807, 2.05) is 13.8 Å². The van der Waals surface area contributed by atoms with Crippen LogP contribution in [0.4, 0.5) is 20.6 Å². The molecule has 2 amide bonds. The van der Waals surface area contributed by atoms with Crippen molar-refractivity contribution in [2.75, 3.05) is 23.7 Å². The molecule has 1 aromatic heterocycles. The molecule has 168 valence electrons. The second kappa shape index (κ2) is 9.29. The standard InChI is InChI=1S/C21H28FN5O3S/c1-4-31(29,30)25-12-15(2)26(16(3)13-25)14-17-7-5-9-19(20(17)22)27(21(23)28)18-8-6-10-24-11-18/h5-11,15-16H,4,12-14H2,1-3H3,(H2,23,28)/t15-,16+. The van der Waals surface area contributed by atoms with E-state index < -0.39 is 21.9 Å². The smallest absolute Gasteiger partial charge is 0.324 e. The minimum Gasteiger partial charge on any atom is -0.351 e. The van der Waals surface area contributed by atoms with Gasteiger partial charge in [0.05, 0.1) is 23.3 Å². The van der Waals surface area contributed by atoms with Crippen LogP contribution in [0, 0.1) is 5.82 Å². The monoisotopic (exact) mass is 449 g/mol. The van der Waals surface area contributed by atoms with Crippen molar-refractivity contribution >= 4 is 27.4 Å². The van der Waals surface area contributed by atoms with Crippen molar-refractivity contribution < 1.29 is 17.6 Å². The summed E-state index contributed by atoms with van der Waals surface area (Å²) in [5, 5.41) is 0. The summed E-state index contributed by atoms with van der Waals surface area (Å²) in [5.41, 5.74) is 6.35. The molecule has 8 nitrogen and oxygen atoms in total. The summed E-state index contributed by atoms with van der Waals surface area (Å²) < 4.78 is 41.5. The zero-order chi connectivity index (χ0) is 22.8. The second-order valence-electron chi connectivity index (χ2n) is 7.72. The number of amides is 2. The summed E-state index contributed by atoms with van der Waals surface area (Å²) in [5.74, 6) is -0.492. The number of hydrogen-bond donors (Lipinski definition) is 1. The lowest BCUT2D eigenvalue weighted by molar-refractivity contribution is 0.0690. The molecule has 31 heavy (non-hydrogen) atoms.